The Morgan fingerprint density at radius 2 is 2.00 bits per heavy atom. The number of alkyl halides is 3. The molecule has 0 aliphatic carbocycles. The van der Waals surface area contributed by atoms with E-state index >= 15 is 0 Å². The summed E-state index contributed by atoms with van der Waals surface area (Å²) in [7, 11) is 0. The van der Waals surface area contributed by atoms with Gasteiger partial charge in [0.15, 0.2) is 0 Å². The molecule has 0 bridgehead atoms. The summed E-state index contributed by atoms with van der Waals surface area (Å²) in [5.74, 6) is 3.98. The van der Waals surface area contributed by atoms with E-state index in [0.29, 0.717) is 0 Å². The first kappa shape index (κ1) is 11.8. The number of nitrogens with two attached hydrogens (primary N) is 1. The van der Waals surface area contributed by atoms with Gasteiger partial charge in [-0.2, -0.15) is 13.2 Å². The summed E-state index contributed by atoms with van der Waals surface area (Å²) in [6.07, 6.45) is -4.42. The topological polar surface area (TPSA) is 55.5 Å². The normalized spacial score (nSPS) is 11.7. The van der Waals surface area contributed by atoms with Crippen molar-refractivity contribution in [2.45, 2.75) is 12.6 Å². The predicted molar refractivity (Wildman–Crippen MR) is 47.0 cm³/mol. The molecule has 0 amide bonds. The maximum absolute atomic E-state index is 12.3. The van der Waals surface area contributed by atoms with Crippen molar-refractivity contribution < 1.29 is 23.1 Å². The molecule has 1 aromatic rings. The molecule has 3 N–H and O–H groups in total. The highest BCUT2D eigenvalue weighted by Crippen LogP contribution is 2.37. The molecule has 1 rings (SSSR count). The van der Waals surface area contributed by atoms with Gasteiger partial charge in [0.2, 0.25) is 0 Å². The summed E-state index contributed by atoms with van der Waals surface area (Å²) < 4.78 is 37.0. The van der Waals surface area contributed by atoms with Gasteiger partial charge in [-0.1, -0.05) is 12.1 Å². The van der Waals surface area contributed by atoms with Gasteiger partial charge in [0.1, 0.15) is 5.75 Å². The number of phenolic OH excluding ortho intramolecular Hbond substituents is 1. The molecule has 0 heterocycles. The third-order valence-electron chi connectivity index (χ3n) is 1.91. The average molecular weight is 221 g/mol. The molecule has 0 fully saturated rings. The lowest BCUT2D eigenvalue weighted by atomic mass is 10.1. The fraction of sp³-hybridized carbons (Fsp3) is 0.333. The highest BCUT2D eigenvalue weighted by molar-refractivity contribution is 5.42. The summed E-state index contributed by atoms with van der Waals surface area (Å²) in [6, 6.07) is 3.44. The third kappa shape index (κ3) is 2.84. The molecule has 0 aliphatic heterocycles. The van der Waals surface area contributed by atoms with E-state index in [1.54, 1.807) is 0 Å². The van der Waals surface area contributed by atoms with Gasteiger partial charge in [0.25, 0.3) is 0 Å². The number of para-hydroxylation sites is 1. The predicted octanol–water partition coefficient (Wildman–Crippen LogP) is 1.84. The molecular formula is C9H10F3NO2. The monoisotopic (exact) mass is 221 g/mol. The van der Waals surface area contributed by atoms with Crippen LogP contribution in [0.15, 0.2) is 18.2 Å². The van der Waals surface area contributed by atoms with Crippen LogP contribution in [0.5, 0.6) is 5.75 Å². The molecule has 0 aliphatic rings. The summed E-state index contributed by atoms with van der Waals surface area (Å²) in [5, 5.41) is 9.33. The van der Waals surface area contributed by atoms with Crippen molar-refractivity contribution in [3.05, 3.63) is 29.3 Å². The fourth-order valence-electron chi connectivity index (χ4n) is 1.19. The molecule has 0 saturated carbocycles. The minimum Gasteiger partial charge on any atom is -0.507 e. The van der Waals surface area contributed by atoms with E-state index in [1.165, 1.54) is 12.1 Å². The van der Waals surface area contributed by atoms with Crippen LogP contribution < -0.4 is 5.90 Å². The molecule has 6 heteroatoms. The number of phenols is 1. The van der Waals surface area contributed by atoms with Crippen LogP contribution in [-0.2, 0) is 17.4 Å². The standard InChI is InChI=1S/C9H10F3NO2/c10-9(11,12)7-3-1-2-6(8(7)14)4-5-15-13/h1-3,14H,4-5,13H2. The Bertz CT molecular complexity index is 339. The van der Waals surface area contributed by atoms with Crippen molar-refractivity contribution in [3.63, 3.8) is 0 Å². The van der Waals surface area contributed by atoms with Gasteiger partial charge in [0, 0.05) is 6.42 Å². The van der Waals surface area contributed by atoms with E-state index in [2.05, 4.69) is 4.84 Å². The first-order chi connectivity index (χ1) is 6.96. The van der Waals surface area contributed by atoms with E-state index < -0.39 is 17.5 Å². The highest BCUT2D eigenvalue weighted by Gasteiger charge is 2.34. The lowest BCUT2D eigenvalue weighted by Gasteiger charge is -2.11. The summed E-state index contributed by atoms with van der Waals surface area (Å²) in [4.78, 5) is 4.23. The van der Waals surface area contributed by atoms with Crippen LogP contribution in [0.25, 0.3) is 0 Å². The van der Waals surface area contributed by atoms with Crippen LogP contribution in [0.4, 0.5) is 13.2 Å². The number of aromatic hydroxyl groups is 1. The highest BCUT2D eigenvalue weighted by atomic mass is 19.4. The molecule has 15 heavy (non-hydrogen) atoms. The maximum Gasteiger partial charge on any atom is 0.419 e. The minimum atomic E-state index is -4.55. The smallest absolute Gasteiger partial charge is 0.419 e. The van der Waals surface area contributed by atoms with Crippen molar-refractivity contribution in [3.8, 4) is 5.75 Å². The second-order valence-electron chi connectivity index (χ2n) is 2.93. The van der Waals surface area contributed by atoms with Crippen LogP contribution in [0, 0.1) is 0 Å². The number of hydrogen-bond acceptors (Lipinski definition) is 3. The largest absolute Gasteiger partial charge is 0.507 e. The van der Waals surface area contributed by atoms with Crippen LogP contribution >= 0.6 is 0 Å². The zero-order valence-corrected chi connectivity index (χ0v) is 7.71. The molecular weight excluding hydrogens is 211 g/mol. The number of benzene rings is 1. The van der Waals surface area contributed by atoms with Crippen molar-refractivity contribution in [2.75, 3.05) is 6.61 Å². The van der Waals surface area contributed by atoms with Crippen LogP contribution in [0.2, 0.25) is 0 Å². The van der Waals surface area contributed by atoms with Gasteiger partial charge >= 0.3 is 6.18 Å². The van der Waals surface area contributed by atoms with Crippen molar-refractivity contribution >= 4 is 0 Å². The second-order valence-corrected chi connectivity index (χ2v) is 2.93. The minimum absolute atomic E-state index is 0.0505. The summed E-state index contributed by atoms with van der Waals surface area (Å²) >= 11 is 0. The number of rotatable bonds is 3. The Hall–Kier alpha value is -1.27. The Balaban J connectivity index is 3.01. The first-order valence-electron chi connectivity index (χ1n) is 4.16. The van der Waals surface area contributed by atoms with Gasteiger partial charge in [-0.3, -0.25) is 0 Å². The number of halogens is 3. The SMILES string of the molecule is NOCCc1cccc(C(F)(F)F)c1O. The quantitative estimate of drug-likeness (QED) is 0.766. The molecule has 0 radical (unpaired) electrons. The first-order valence-corrected chi connectivity index (χ1v) is 4.16. The zero-order valence-electron chi connectivity index (χ0n) is 7.71. The lowest BCUT2D eigenvalue weighted by Crippen LogP contribution is -2.08. The van der Waals surface area contributed by atoms with Gasteiger partial charge in [-0.05, 0) is 11.6 Å². The van der Waals surface area contributed by atoms with Gasteiger partial charge in [0.05, 0.1) is 12.2 Å². The molecule has 0 atom stereocenters. The van der Waals surface area contributed by atoms with E-state index in [-0.39, 0.29) is 18.6 Å². The molecule has 1 aromatic carbocycles. The van der Waals surface area contributed by atoms with Gasteiger partial charge in [-0.15, -0.1) is 0 Å². The average Bonchev–Trinajstić information content (AvgIpc) is 2.14. The lowest BCUT2D eigenvalue weighted by molar-refractivity contribution is -0.138. The van der Waals surface area contributed by atoms with Crippen molar-refractivity contribution in [1.82, 2.24) is 0 Å². The van der Waals surface area contributed by atoms with E-state index in [9.17, 15) is 18.3 Å². The van der Waals surface area contributed by atoms with Crippen molar-refractivity contribution in [2.24, 2.45) is 5.90 Å². The molecule has 0 spiro atoms. The summed E-state index contributed by atoms with van der Waals surface area (Å²) in [5.41, 5.74) is -0.882. The molecule has 3 nitrogen and oxygen atoms in total. The Labute approximate surface area is 84.2 Å². The van der Waals surface area contributed by atoms with Crippen LogP contribution in [-0.4, -0.2) is 11.7 Å². The number of hydrogen-bond donors (Lipinski definition) is 2. The Morgan fingerprint density at radius 1 is 1.33 bits per heavy atom. The third-order valence-corrected chi connectivity index (χ3v) is 1.91. The van der Waals surface area contributed by atoms with E-state index in [0.717, 1.165) is 6.07 Å². The Morgan fingerprint density at radius 3 is 2.53 bits per heavy atom. The maximum atomic E-state index is 12.3. The Kier molecular flexibility index (Phi) is 3.54. The molecule has 0 aromatic heterocycles. The van der Waals surface area contributed by atoms with Crippen LogP contribution in [0.3, 0.4) is 0 Å². The zero-order chi connectivity index (χ0) is 11.5. The van der Waals surface area contributed by atoms with Crippen molar-refractivity contribution in [1.29, 1.82) is 0 Å². The van der Waals surface area contributed by atoms with Gasteiger partial charge in [-0.25, -0.2) is 5.90 Å². The van der Waals surface area contributed by atoms with E-state index in [4.69, 9.17) is 5.90 Å². The fourth-order valence-corrected chi connectivity index (χ4v) is 1.19. The van der Waals surface area contributed by atoms with Crippen LogP contribution in [0.1, 0.15) is 11.1 Å². The molecule has 84 valence electrons. The summed E-state index contributed by atoms with van der Waals surface area (Å²) in [6.45, 7) is 0.0505. The molecule has 0 unspecified atom stereocenters. The van der Waals surface area contributed by atoms with Gasteiger partial charge < -0.3 is 9.94 Å². The van der Waals surface area contributed by atoms with E-state index in [1.807, 2.05) is 0 Å². The molecule has 0 saturated heterocycles. The second kappa shape index (κ2) is 4.50.